The average Bonchev–Trinajstić information content (AvgIpc) is 3.06. The Balaban J connectivity index is 2.58. The molecule has 0 amide bonds. The van der Waals surface area contributed by atoms with Gasteiger partial charge in [-0.15, -0.1) is 0 Å². The maximum atomic E-state index is 10.9. The molecular formula is C17H25N6O3P. The molecular weight excluding hydrogens is 367 g/mol. The van der Waals surface area contributed by atoms with Crippen LogP contribution >= 0.6 is 7.36 Å². The van der Waals surface area contributed by atoms with E-state index in [4.69, 9.17) is 9.16 Å². The summed E-state index contributed by atoms with van der Waals surface area (Å²) in [5.74, 6) is 0.630. The third-order valence-electron chi connectivity index (χ3n) is 3.76. The average molecular weight is 392 g/mol. The second kappa shape index (κ2) is 8.47. The Labute approximate surface area is 159 Å². The van der Waals surface area contributed by atoms with Gasteiger partial charge in [0, 0.05) is 26.2 Å². The first-order valence-electron chi connectivity index (χ1n) is 8.21. The first-order valence-corrected chi connectivity index (χ1v) is 9.85. The molecule has 1 aromatic heterocycles. The molecule has 2 rings (SSSR count). The van der Waals surface area contributed by atoms with Crippen molar-refractivity contribution in [3.63, 3.8) is 0 Å². The molecule has 0 aliphatic rings. The Hall–Kier alpha value is -2.48. The van der Waals surface area contributed by atoms with E-state index in [0.29, 0.717) is 11.4 Å². The molecule has 0 aliphatic heterocycles. The molecule has 27 heavy (non-hydrogen) atoms. The maximum absolute atomic E-state index is 10.9. The third kappa shape index (κ3) is 4.63. The van der Waals surface area contributed by atoms with Crippen molar-refractivity contribution in [2.75, 3.05) is 42.3 Å². The summed E-state index contributed by atoms with van der Waals surface area (Å²) in [7, 11) is 9.04. The number of furan rings is 1. The van der Waals surface area contributed by atoms with E-state index < -0.39 is 12.3 Å². The standard InChI is InChI=1S/C17H25N6O3P/c1-20(2)18-13-16-11-12-17(26-16)27(21(3)4,22(5)6)19-14-7-9-15(10-8-14)23(24)25/h7-13H,1-6H3/b18-13+. The lowest BCUT2D eigenvalue weighted by molar-refractivity contribution is -0.384. The van der Waals surface area contributed by atoms with Crippen molar-refractivity contribution in [3.05, 3.63) is 52.3 Å². The van der Waals surface area contributed by atoms with E-state index in [2.05, 4.69) is 5.10 Å². The number of non-ortho nitro benzene ring substituents is 1. The summed E-state index contributed by atoms with van der Waals surface area (Å²) in [6.07, 6.45) is 1.65. The van der Waals surface area contributed by atoms with Crippen molar-refractivity contribution in [2.45, 2.75) is 0 Å². The molecule has 0 atom stereocenters. The molecule has 1 aromatic carbocycles. The van der Waals surface area contributed by atoms with Crippen LogP contribution in [-0.2, 0) is 0 Å². The number of hydrazone groups is 1. The minimum Gasteiger partial charge on any atom is -0.451 e. The zero-order valence-corrected chi connectivity index (χ0v) is 17.3. The van der Waals surface area contributed by atoms with Crippen molar-refractivity contribution in [3.8, 4) is 0 Å². The fourth-order valence-corrected chi connectivity index (χ4v) is 5.45. The van der Waals surface area contributed by atoms with Gasteiger partial charge in [-0.3, -0.25) is 19.5 Å². The van der Waals surface area contributed by atoms with Crippen LogP contribution in [0.5, 0.6) is 0 Å². The number of nitrogens with zero attached hydrogens (tertiary/aromatic N) is 6. The first-order chi connectivity index (χ1) is 12.7. The molecule has 2 aromatic rings. The fraction of sp³-hybridized carbons (Fsp3) is 0.353. The van der Waals surface area contributed by atoms with Gasteiger partial charge in [0.05, 0.1) is 16.8 Å². The van der Waals surface area contributed by atoms with Crippen LogP contribution in [0.3, 0.4) is 0 Å². The second-order valence-electron chi connectivity index (χ2n) is 6.40. The Morgan fingerprint density at radius 2 is 1.59 bits per heavy atom. The van der Waals surface area contributed by atoms with Gasteiger partial charge < -0.3 is 9.43 Å². The van der Waals surface area contributed by atoms with Crippen molar-refractivity contribution >= 4 is 30.4 Å². The smallest absolute Gasteiger partial charge is 0.269 e. The minimum absolute atomic E-state index is 0.0350. The monoisotopic (exact) mass is 392 g/mol. The molecule has 0 radical (unpaired) electrons. The second-order valence-corrected chi connectivity index (χ2v) is 9.78. The van der Waals surface area contributed by atoms with Crippen LogP contribution in [0.1, 0.15) is 5.76 Å². The van der Waals surface area contributed by atoms with Crippen molar-refractivity contribution in [2.24, 2.45) is 9.85 Å². The molecule has 0 aliphatic carbocycles. The molecule has 0 N–H and O–H groups in total. The minimum atomic E-state index is -2.40. The summed E-state index contributed by atoms with van der Waals surface area (Å²) >= 11 is 0. The SMILES string of the molecule is CN(C)/N=C/c1ccc(P(=Nc2ccc([N+](=O)[O-])cc2)(N(C)C)N(C)C)o1. The lowest BCUT2D eigenvalue weighted by Crippen LogP contribution is -2.28. The van der Waals surface area contributed by atoms with E-state index in [9.17, 15) is 10.1 Å². The van der Waals surface area contributed by atoms with Gasteiger partial charge in [0.15, 0.2) is 12.9 Å². The van der Waals surface area contributed by atoms with Crippen molar-refractivity contribution in [1.29, 1.82) is 0 Å². The van der Waals surface area contributed by atoms with E-state index in [1.807, 2.05) is 63.8 Å². The first kappa shape index (κ1) is 20.8. The summed E-state index contributed by atoms with van der Waals surface area (Å²) in [6.45, 7) is 0. The van der Waals surface area contributed by atoms with E-state index in [0.717, 1.165) is 5.50 Å². The number of hydrogen-bond donors (Lipinski definition) is 0. The van der Waals surface area contributed by atoms with E-state index in [1.54, 1.807) is 23.4 Å². The fourth-order valence-electron chi connectivity index (χ4n) is 2.53. The summed E-state index contributed by atoms with van der Waals surface area (Å²) in [5, 5.41) is 16.8. The van der Waals surface area contributed by atoms with Gasteiger partial charge >= 0.3 is 0 Å². The molecule has 0 fully saturated rings. The third-order valence-corrected chi connectivity index (χ3v) is 7.33. The van der Waals surface area contributed by atoms with Crippen LogP contribution in [0, 0.1) is 10.1 Å². The number of rotatable bonds is 7. The van der Waals surface area contributed by atoms with Gasteiger partial charge in [-0.05, 0) is 52.5 Å². The largest absolute Gasteiger partial charge is 0.451 e. The van der Waals surface area contributed by atoms with Crippen LogP contribution < -0.4 is 5.50 Å². The normalized spacial score (nSPS) is 12.1. The highest BCUT2D eigenvalue weighted by Gasteiger charge is 2.31. The van der Waals surface area contributed by atoms with E-state index >= 15 is 0 Å². The van der Waals surface area contributed by atoms with Crippen LogP contribution in [0.2, 0.25) is 0 Å². The number of benzene rings is 1. The number of hydrogen-bond acceptors (Lipinski definition) is 6. The van der Waals surface area contributed by atoms with Crippen LogP contribution in [0.25, 0.3) is 0 Å². The van der Waals surface area contributed by atoms with Gasteiger partial charge in [0.2, 0.25) is 0 Å². The highest BCUT2D eigenvalue weighted by atomic mass is 31.2. The molecule has 0 spiro atoms. The molecule has 0 saturated heterocycles. The van der Waals surface area contributed by atoms with E-state index in [-0.39, 0.29) is 5.69 Å². The van der Waals surface area contributed by atoms with Gasteiger partial charge in [-0.25, -0.2) is 4.74 Å². The topological polar surface area (TPSA) is 90.7 Å². The molecule has 0 bridgehead atoms. The Kier molecular flexibility index (Phi) is 6.54. The molecule has 0 saturated carbocycles. The zero-order valence-electron chi connectivity index (χ0n) is 16.4. The van der Waals surface area contributed by atoms with Crippen molar-refractivity contribution < 1.29 is 9.34 Å². The van der Waals surface area contributed by atoms with Crippen LogP contribution in [-0.4, -0.2) is 67.8 Å². The maximum Gasteiger partial charge on any atom is 0.269 e. The molecule has 10 heteroatoms. The van der Waals surface area contributed by atoms with Gasteiger partial charge in [-0.2, -0.15) is 5.10 Å². The molecule has 0 unspecified atom stereocenters. The number of nitro benzene ring substituents is 1. The molecule has 1 heterocycles. The Morgan fingerprint density at radius 1 is 1.00 bits per heavy atom. The Morgan fingerprint density at radius 3 is 2.07 bits per heavy atom. The lowest BCUT2D eigenvalue weighted by Gasteiger charge is -2.34. The lowest BCUT2D eigenvalue weighted by atomic mass is 10.3. The predicted molar refractivity (Wildman–Crippen MR) is 109 cm³/mol. The Bertz CT molecular complexity index is 859. The summed E-state index contributed by atoms with van der Waals surface area (Å²) < 4.78 is 15.1. The van der Waals surface area contributed by atoms with Gasteiger partial charge in [-0.1, -0.05) is 0 Å². The predicted octanol–water partition coefficient (Wildman–Crippen LogP) is 3.19. The zero-order chi connectivity index (χ0) is 20.2. The summed E-state index contributed by atoms with van der Waals surface area (Å²) in [4.78, 5) is 10.5. The summed E-state index contributed by atoms with van der Waals surface area (Å²) in [6, 6.07) is 9.97. The highest BCUT2D eigenvalue weighted by Crippen LogP contribution is 2.54. The number of nitro groups is 1. The molecule has 9 nitrogen and oxygen atoms in total. The van der Waals surface area contributed by atoms with Gasteiger partial charge in [0.1, 0.15) is 5.76 Å². The van der Waals surface area contributed by atoms with E-state index in [1.165, 1.54) is 12.1 Å². The summed E-state index contributed by atoms with van der Waals surface area (Å²) in [5.41, 5.74) is 1.40. The molecule has 146 valence electrons. The van der Waals surface area contributed by atoms with Gasteiger partial charge in [0.25, 0.3) is 5.69 Å². The highest BCUT2D eigenvalue weighted by molar-refractivity contribution is 7.69. The quantitative estimate of drug-likeness (QED) is 0.311. The van der Waals surface area contributed by atoms with Crippen LogP contribution in [0.4, 0.5) is 11.4 Å². The van der Waals surface area contributed by atoms with Crippen molar-refractivity contribution in [1.82, 2.24) is 14.3 Å². The van der Waals surface area contributed by atoms with Crippen LogP contribution in [0.15, 0.2) is 50.7 Å².